The van der Waals surface area contributed by atoms with Gasteiger partial charge in [0.25, 0.3) is 0 Å². The first kappa shape index (κ1) is 25.2. The molecule has 0 fully saturated rings. The number of anilines is 3. The molecule has 9 aromatic rings. The van der Waals surface area contributed by atoms with Crippen molar-refractivity contribution < 1.29 is 8.83 Å². The standard InChI is InChI=1S/C40H24BrNO2/c41-35-19-20-36(30-8-2-1-7-29(30)35)42(28-18-22-40-34(24-28)32-10-4-6-12-38(32)44-40)27-16-13-25(14-17-27)26-15-21-39-33(23-26)31-9-3-5-11-37(31)43-39/h1-24H. The molecule has 0 saturated carbocycles. The van der Waals surface area contributed by atoms with E-state index in [2.05, 4.69) is 142 Å². The number of para-hydroxylation sites is 2. The van der Waals surface area contributed by atoms with Crippen LogP contribution in [0.5, 0.6) is 0 Å². The van der Waals surface area contributed by atoms with E-state index in [4.69, 9.17) is 8.83 Å². The molecule has 0 bridgehead atoms. The first-order chi connectivity index (χ1) is 21.7. The number of hydrogen-bond acceptors (Lipinski definition) is 3. The third-order valence-corrected chi connectivity index (χ3v) is 9.23. The quantitative estimate of drug-likeness (QED) is 0.194. The minimum Gasteiger partial charge on any atom is -0.456 e. The van der Waals surface area contributed by atoms with Crippen LogP contribution in [-0.4, -0.2) is 0 Å². The van der Waals surface area contributed by atoms with Crippen molar-refractivity contribution in [1.82, 2.24) is 0 Å². The van der Waals surface area contributed by atoms with Gasteiger partial charge in [0.15, 0.2) is 0 Å². The van der Waals surface area contributed by atoms with Crippen molar-refractivity contribution >= 4 is 87.6 Å². The van der Waals surface area contributed by atoms with Crippen LogP contribution in [0.15, 0.2) is 159 Å². The highest BCUT2D eigenvalue weighted by atomic mass is 79.9. The molecule has 44 heavy (non-hydrogen) atoms. The predicted molar refractivity (Wildman–Crippen MR) is 186 cm³/mol. The molecule has 0 saturated heterocycles. The smallest absolute Gasteiger partial charge is 0.135 e. The SMILES string of the molecule is Brc1ccc(N(c2ccc(-c3ccc4oc5ccccc5c4c3)cc2)c2ccc3oc4ccccc4c3c2)c2ccccc12. The van der Waals surface area contributed by atoms with Crippen LogP contribution in [0.25, 0.3) is 65.8 Å². The molecule has 0 aliphatic rings. The predicted octanol–water partition coefficient (Wildman–Crippen LogP) is 12.5. The van der Waals surface area contributed by atoms with Crippen molar-refractivity contribution in [3.8, 4) is 11.1 Å². The summed E-state index contributed by atoms with van der Waals surface area (Å²) >= 11 is 3.77. The van der Waals surface area contributed by atoms with Gasteiger partial charge in [0, 0.05) is 42.8 Å². The second kappa shape index (κ2) is 9.87. The lowest BCUT2D eigenvalue weighted by atomic mass is 10.0. The Hall–Kier alpha value is -5.32. The molecule has 7 aromatic carbocycles. The molecule has 0 unspecified atom stereocenters. The molecule has 0 aliphatic carbocycles. The van der Waals surface area contributed by atoms with Gasteiger partial charge in [-0.15, -0.1) is 0 Å². The molecular formula is C40H24BrNO2. The molecule has 0 spiro atoms. The second-order valence-electron chi connectivity index (χ2n) is 11.1. The Labute approximate surface area is 261 Å². The summed E-state index contributed by atoms with van der Waals surface area (Å²) < 4.78 is 13.3. The molecule has 3 nitrogen and oxygen atoms in total. The van der Waals surface area contributed by atoms with Gasteiger partial charge in [0.05, 0.1) is 5.69 Å². The Balaban J connectivity index is 1.21. The molecule has 0 atom stereocenters. The van der Waals surface area contributed by atoms with Crippen LogP contribution in [0.4, 0.5) is 17.1 Å². The van der Waals surface area contributed by atoms with Crippen LogP contribution in [0.1, 0.15) is 0 Å². The van der Waals surface area contributed by atoms with Crippen molar-refractivity contribution in [3.05, 3.63) is 150 Å². The summed E-state index contributed by atoms with van der Waals surface area (Å²) in [7, 11) is 0. The molecule has 2 heterocycles. The van der Waals surface area contributed by atoms with E-state index in [9.17, 15) is 0 Å². The fraction of sp³-hybridized carbons (Fsp3) is 0. The molecule has 0 amide bonds. The van der Waals surface area contributed by atoms with Crippen LogP contribution in [0, 0.1) is 0 Å². The number of hydrogen-bond donors (Lipinski definition) is 0. The van der Waals surface area contributed by atoms with E-state index >= 15 is 0 Å². The van der Waals surface area contributed by atoms with E-state index in [0.29, 0.717) is 0 Å². The zero-order valence-corrected chi connectivity index (χ0v) is 25.1. The molecular weight excluding hydrogens is 606 g/mol. The van der Waals surface area contributed by atoms with Gasteiger partial charge in [-0.25, -0.2) is 0 Å². The maximum Gasteiger partial charge on any atom is 0.135 e. The minimum atomic E-state index is 0.882. The van der Waals surface area contributed by atoms with Gasteiger partial charge in [-0.2, -0.15) is 0 Å². The second-order valence-corrected chi connectivity index (χ2v) is 11.9. The van der Waals surface area contributed by atoms with E-state index in [-0.39, 0.29) is 0 Å². The van der Waals surface area contributed by atoms with Crippen LogP contribution in [-0.2, 0) is 0 Å². The summed E-state index contributed by atoms with van der Waals surface area (Å²) in [6.07, 6.45) is 0. The Morgan fingerprint density at radius 1 is 0.386 bits per heavy atom. The summed E-state index contributed by atoms with van der Waals surface area (Å²) in [6.45, 7) is 0. The Kier molecular flexibility index (Phi) is 5.65. The zero-order valence-electron chi connectivity index (χ0n) is 23.5. The first-order valence-electron chi connectivity index (χ1n) is 14.6. The molecule has 0 aliphatic heterocycles. The van der Waals surface area contributed by atoms with Crippen LogP contribution >= 0.6 is 15.9 Å². The first-order valence-corrected chi connectivity index (χ1v) is 15.4. The number of fused-ring (bicyclic) bond motifs is 7. The van der Waals surface area contributed by atoms with Gasteiger partial charge in [-0.1, -0.05) is 94.8 Å². The largest absolute Gasteiger partial charge is 0.456 e. The van der Waals surface area contributed by atoms with Gasteiger partial charge < -0.3 is 13.7 Å². The lowest BCUT2D eigenvalue weighted by Crippen LogP contribution is -2.10. The van der Waals surface area contributed by atoms with E-state index in [1.54, 1.807) is 0 Å². The van der Waals surface area contributed by atoms with Crippen LogP contribution in [0.3, 0.4) is 0 Å². The third-order valence-electron chi connectivity index (χ3n) is 8.54. The lowest BCUT2D eigenvalue weighted by molar-refractivity contribution is 0.668. The summed E-state index contributed by atoms with van der Waals surface area (Å²) in [5, 5.41) is 6.81. The monoisotopic (exact) mass is 629 g/mol. The highest BCUT2D eigenvalue weighted by Crippen LogP contribution is 2.43. The molecule has 9 rings (SSSR count). The maximum absolute atomic E-state index is 6.17. The number of nitrogens with zero attached hydrogens (tertiary/aromatic N) is 1. The molecule has 208 valence electrons. The summed E-state index contributed by atoms with van der Waals surface area (Å²) in [5.41, 5.74) is 9.14. The Morgan fingerprint density at radius 2 is 0.909 bits per heavy atom. The third kappa shape index (κ3) is 3.95. The lowest BCUT2D eigenvalue weighted by Gasteiger charge is -2.27. The highest BCUT2D eigenvalue weighted by molar-refractivity contribution is 9.10. The average Bonchev–Trinajstić information content (AvgIpc) is 3.64. The topological polar surface area (TPSA) is 29.5 Å². The minimum absolute atomic E-state index is 0.882. The number of halogens is 1. The molecule has 2 aromatic heterocycles. The van der Waals surface area contributed by atoms with Crippen LogP contribution in [0.2, 0.25) is 0 Å². The van der Waals surface area contributed by atoms with Crippen molar-refractivity contribution in [1.29, 1.82) is 0 Å². The van der Waals surface area contributed by atoms with Gasteiger partial charge in [-0.05, 0) is 83.2 Å². The van der Waals surface area contributed by atoms with Crippen molar-refractivity contribution in [2.75, 3.05) is 4.90 Å². The number of furan rings is 2. The van der Waals surface area contributed by atoms with Crippen molar-refractivity contribution in [3.63, 3.8) is 0 Å². The molecule has 4 heteroatoms. The highest BCUT2D eigenvalue weighted by Gasteiger charge is 2.18. The summed E-state index contributed by atoms with van der Waals surface area (Å²) in [5.74, 6) is 0. The normalized spacial score (nSPS) is 11.8. The fourth-order valence-corrected chi connectivity index (χ4v) is 6.91. The molecule has 0 N–H and O–H groups in total. The van der Waals surface area contributed by atoms with Crippen LogP contribution < -0.4 is 4.90 Å². The zero-order chi connectivity index (χ0) is 29.2. The fourth-order valence-electron chi connectivity index (χ4n) is 6.43. The van der Waals surface area contributed by atoms with E-state index in [1.165, 1.54) is 10.8 Å². The summed E-state index contributed by atoms with van der Waals surface area (Å²) in [4.78, 5) is 2.34. The summed E-state index contributed by atoms with van der Waals surface area (Å²) in [6, 6.07) is 51.0. The van der Waals surface area contributed by atoms with Crippen molar-refractivity contribution in [2.45, 2.75) is 0 Å². The Morgan fingerprint density at radius 3 is 1.61 bits per heavy atom. The van der Waals surface area contributed by atoms with E-state index < -0.39 is 0 Å². The number of rotatable bonds is 4. The number of benzene rings is 7. The van der Waals surface area contributed by atoms with E-state index in [0.717, 1.165) is 76.5 Å². The van der Waals surface area contributed by atoms with Gasteiger partial charge in [-0.3, -0.25) is 0 Å². The van der Waals surface area contributed by atoms with E-state index in [1.807, 2.05) is 24.3 Å². The van der Waals surface area contributed by atoms with Gasteiger partial charge in [0.1, 0.15) is 22.3 Å². The van der Waals surface area contributed by atoms with Crippen molar-refractivity contribution in [2.24, 2.45) is 0 Å². The van der Waals surface area contributed by atoms with Gasteiger partial charge >= 0.3 is 0 Å². The van der Waals surface area contributed by atoms with Gasteiger partial charge in [0.2, 0.25) is 0 Å². The molecule has 0 radical (unpaired) electrons. The average molecular weight is 631 g/mol. The maximum atomic E-state index is 6.17. The Bertz CT molecular complexity index is 2520.